The molecule has 0 atom stereocenters. The maximum Gasteiger partial charge on any atom is 0.410 e. The van der Waals surface area contributed by atoms with E-state index in [1.54, 1.807) is 4.90 Å². The van der Waals surface area contributed by atoms with E-state index in [2.05, 4.69) is 29.6 Å². The standard InChI is InChI=1S/C20H24N2O2/c23-20(24-16-18-9-5-2-6-10-18)22-14-19(15-22)13-21-12-11-17-7-3-1-4-8-17/h1-10,19,21H,11-16H2. The van der Waals surface area contributed by atoms with E-state index in [4.69, 9.17) is 4.74 Å². The van der Waals surface area contributed by atoms with Crippen LogP contribution in [0.4, 0.5) is 4.79 Å². The Kier molecular flexibility index (Phi) is 5.85. The van der Waals surface area contributed by atoms with Gasteiger partial charge < -0.3 is 15.0 Å². The SMILES string of the molecule is O=C(OCc1ccccc1)N1CC(CNCCc2ccccc2)C1. The lowest BCUT2D eigenvalue weighted by atomic mass is 10.0. The highest BCUT2D eigenvalue weighted by molar-refractivity contribution is 5.68. The highest BCUT2D eigenvalue weighted by Gasteiger charge is 2.31. The van der Waals surface area contributed by atoms with Gasteiger partial charge in [0.15, 0.2) is 0 Å². The van der Waals surface area contributed by atoms with E-state index < -0.39 is 0 Å². The van der Waals surface area contributed by atoms with Gasteiger partial charge in [-0.1, -0.05) is 60.7 Å². The Bertz CT molecular complexity index is 625. The van der Waals surface area contributed by atoms with Gasteiger partial charge in [0.1, 0.15) is 6.61 Å². The van der Waals surface area contributed by atoms with Gasteiger partial charge in [-0.25, -0.2) is 4.79 Å². The Morgan fingerprint density at radius 2 is 1.62 bits per heavy atom. The Balaban J connectivity index is 1.26. The molecule has 1 N–H and O–H groups in total. The first-order chi connectivity index (χ1) is 11.8. The highest BCUT2D eigenvalue weighted by Crippen LogP contribution is 2.16. The molecule has 1 heterocycles. The molecule has 0 aliphatic carbocycles. The van der Waals surface area contributed by atoms with Gasteiger partial charge in [0, 0.05) is 25.6 Å². The number of nitrogens with one attached hydrogen (secondary N) is 1. The molecule has 0 spiro atoms. The van der Waals surface area contributed by atoms with Crippen molar-refractivity contribution in [1.29, 1.82) is 0 Å². The summed E-state index contributed by atoms with van der Waals surface area (Å²) in [4.78, 5) is 13.7. The summed E-state index contributed by atoms with van der Waals surface area (Å²) >= 11 is 0. The predicted octanol–water partition coefficient (Wildman–Crippen LogP) is 3.09. The molecule has 1 aliphatic rings. The van der Waals surface area contributed by atoms with Crippen molar-refractivity contribution in [2.75, 3.05) is 26.2 Å². The second-order valence-corrected chi connectivity index (χ2v) is 6.25. The average Bonchev–Trinajstić information content (AvgIpc) is 2.60. The minimum atomic E-state index is -0.209. The van der Waals surface area contributed by atoms with Crippen LogP contribution in [0.2, 0.25) is 0 Å². The number of ether oxygens (including phenoxy) is 1. The van der Waals surface area contributed by atoms with Crippen LogP contribution >= 0.6 is 0 Å². The minimum Gasteiger partial charge on any atom is -0.445 e. The van der Waals surface area contributed by atoms with Crippen LogP contribution in [-0.4, -0.2) is 37.2 Å². The lowest BCUT2D eigenvalue weighted by Crippen LogP contribution is -2.53. The first-order valence-corrected chi connectivity index (χ1v) is 8.51. The first kappa shape index (κ1) is 16.5. The largest absolute Gasteiger partial charge is 0.445 e. The van der Waals surface area contributed by atoms with E-state index in [0.29, 0.717) is 12.5 Å². The van der Waals surface area contributed by atoms with Gasteiger partial charge >= 0.3 is 6.09 Å². The number of rotatable bonds is 7. The normalized spacial score (nSPS) is 14.2. The van der Waals surface area contributed by atoms with Crippen molar-refractivity contribution in [3.8, 4) is 0 Å². The molecule has 2 aromatic carbocycles. The fourth-order valence-electron chi connectivity index (χ4n) is 2.84. The summed E-state index contributed by atoms with van der Waals surface area (Å²) in [6, 6.07) is 20.2. The van der Waals surface area contributed by atoms with Crippen molar-refractivity contribution < 1.29 is 9.53 Å². The number of carbonyl (C=O) groups excluding carboxylic acids is 1. The molecule has 0 saturated carbocycles. The van der Waals surface area contributed by atoms with Crippen molar-refractivity contribution in [1.82, 2.24) is 10.2 Å². The molecule has 1 saturated heterocycles. The predicted molar refractivity (Wildman–Crippen MR) is 94.7 cm³/mol. The number of likely N-dealkylation sites (tertiary alicyclic amines) is 1. The minimum absolute atomic E-state index is 0.209. The molecule has 0 radical (unpaired) electrons. The second-order valence-electron chi connectivity index (χ2n) is 6.25. The van der Waals surface area contributed by atoms with Crippen molar-refractivity contribution in [3.05, 3.63) is 71.8 Å². The van der Waals surface area contributed by atoms with Crippen molar-refractivity contribution in [2.24, 2.45) is 5.92 Å². The van der Waals surface area contributed by atoms with Gasteiger partial charge in [0.05, 0.1) is 0 Å². The number of hydrogen-bond acceptors (Lipinski definition) is 3. The smallest absolute Gasteiger partial charge is 0.410 e. The van der Waals surface area contributed by atoms with E-state index >= 15 is 0 Å². The Morgan fingerprint density at radius 3 is 2.29 bits per heavy atom. The van der Waals surface area contributed by atoms with E-state index in [9.17, 15) is 4.79 Å². The molecule has 126 valence electrons. The molecular formula is C20H24N2O2. The van der Waals surface area contributed by atoms with Crippen molar-refractivity contribution >= 4 is 6.09 Å². The number of hydrogen-bond donors (Lipinski definition) is 1. The van der Waals surface area contributed by atoms with E-state index in [1.165, 1.54) is 5.56 Å². The molecule has 0 bridgehead atoms. The topological polar surface area (TPSA) is 41.6 Å². The van der Waals surface area contributed by atoms with Crippen LogP contribution in [0.3, 0.4) is 0 Å². The third-order valence-electron chi connectivity index (χ3n) is 4.29. The molecule has 3 rings (SSSR count). The molecule has 2 aromatic rings. The maximum absolute atomic E-state index is 11.9. The first-order valence-electron chi connectivity index (χ1n) is 8.51. The van der Waals surface area contributed by atoms with Gasteiger partial charge in [-0.05, 0) is 24.1 Å². The van der Waals surface area contributed by atoms with E-state index in [0.717, 1.165) is 38.2 Å². The third kappa shape index (κ3) is 4.83. The Morgan fingerprint density at radius 1 is 1.00 bits per heavy atom. The Labute approximate surface area is 143 Å². The van der Waals surface area contributed by atoms with Gasteiger partial charge in [-0.15, -0.1) is 0 Å². The molecule has 4 heteroatoms. The van der Waals surface area contributed by atoms with E-state index in [1.807, 2.05) is 36.4 Å². The molecule has 1 amide bonds. The zero-order valence-electron chi connectivity index (χ0n) is 13.9. The summed E-state index contributed by atoms with van der Waals surface area (Å²) in [5.74, 6) is 0.532. The highest BCUT2D eigenvalue weighted by atomic mass is 16.6. The summed E-state index contributed by atoms with van der Waals surface area (Å²) in [5.41, 5.74) is 2.37. The zero-order chi connectivity index (χ0) is 16.6. The van der Waals surface area contributed by atoms with Crippen LogP contribution in [0.15, 0.2) is 60.7 Å². The van der Waals surface area contributed by atoms with Gasteiger partial charge in [-0.3, -0.25) is 0 Å². The van der Waals surface area contributed by atoms with Crippen LogP contribution in [0, 0.1) is 5.92 Å². The van der Waals surface area contributed by atoms with E-state index in [-0.39, 0.29) is 6.09 Å². The summed E-state index contributed by atoms with van der Waals surface area (Å²) < 4.78 is 5.33. The van der Waals surface area contributed by atoms with Crippen LogP contribution < -0.4 is 5.32 Å². The number of benzene rings is 2. The molecular weight excluding hydrogens is 300 g/mol. The molecule has 0 aromatic heterocycles. The Hall–Kier alpha value is -2.33. The monoisotopic (exact) mass is 324 g/mol. The third-order valence-corrected chi connectivity index (χ3v) is 4.29. The van der Waals surface area contributed by atoms with Crippen LogP contribution in [0.25, 0.3) is 0 Å². The van der Waals surface area contributed by atoms with Crippen LogP contribution in [0.5, 0.6) is 0 Å². The maximum atomic E-state index is 11.9. The zero-order valence-corrected chi connectivity index (χ0v) is 13.9. The molecule has 1 aliphatic heterocycles. The summed E-state index contributed by atoms with van der Waals surface area (Å²) in [6.45, 7) is 3.84. The molecule has 0 unspecified atom stereocenters. The lowest BCUT2D eigenvalue weighted by Gasteiger charge is -2.38. The quantitative estimate of drug-likeness (QED) is 0.796. The van der Waals surface area contributed by atoms with Crippen LogP contribution in [0.1, 0.15) is 11.1 Å². The van der Waals surface area contributed by atoms with Crippen LogP contribution in [-0.2, 0) is 17.8 Å². The average molecular weight is 324 g/mol. The molecule has 24 heavy (non-hydrogen) atoms. The van der Waals surface area contributed by atoms with Gasteiger partial charge in [0.2, 0.25) is 0 Å². The van der Waals surface area contributed by atoms with Crippen molar-refractivity contribution in [2.45, 2.75) is 13.0 Å². The van der Waals surface area contributed by atoms with Crippen molar-refractivity contribution in [3.63, 3.8) is 0 Å². The second kappa shape index (κ2) is 8.50. The number of carbonyl (C=O) groups is 1. The number of amides is 1. The summed E-state index contributed by atoms with van der Waals surface area (Å²) in [7, 11) is 0. The lowest BCUT2D eigenvalue weighted by molar-refractivity contribution is 0.0496. The summed E-state index contributed by atoms with van der Waals surface area (Å²) in [6.07, 6.45) is 0.829. The summed E-state index contributed by atoms with van der Waals surface area (Å²) in [5, 5.41) is 3.47. The number of nitrogens with zero attached hydrogens (tertiary/aromatic N) is 1. The fraction of sp³-hybridized carbons (Fsp3) is 0.350. The molecule has 1 fully saturated rings. The fourth-order valence-corrected chi connectivity index (χ4v) is 2.84. The van der Waals surface area contributed by atoms with Gasteiger partial charge in [-0.2, -0.15) is 0 Å². The van der Waals surface area contributed by atoms with Gasteiger partial charge in [0.25, 0.3) is 0 Å². The molecule has 4 nitrogen and oxygen atoms in total.